The molecule has 1 saturated heterocycles. The Hall–Kier alpha value is -2.74. The number of nitrogens with zero attached hydrogens (tertiary/aromatic N) is 2. The van der Waals surface area contributed by atoms with Gasteiger partial charge in [0.1, 0.15) is 5.00 Å². The summed E-state index contributed by atoms with van der Waals surface area (Å²) in [6.07, 6.45) is 7.35. The van der Waals surface area contributed by atoms with Crippen LogP contribution in [-0.2, 0) is 17.6 Å². The molecule has 28 heavy (non-hydrogen) atoms. The van der Waals surface area contributed by atoms with Gasteiger partial charge in [0.05, 0.1) is 17.0 Å². The number of aliphatic carboxylic acids is 1. The summed E-state index contributed by atoms with van der Waals surface area (Å²) in [6.45, 7) is 0.644. The zero-order valence-corrected chi connectivity index (χ0v) is 16.1. The summed E-state index contributed by atoms with van der Waals surface area (Å²) in [6, 6.07) is 3.37. The number of aromatic nitrogens is 1. The van der Waals surface area contributed by atoms with E-state index in [0.29, 0.717) is 29.1 Å². The van der Waals surface area contributed by atoms with E-state index in [1.54, 1.807) is 23.2 Å². The topological polar surface area (TPSA) is 99.6 Å². The molecule has 4 rings (SSSR count). The summed E-state index contributed by atoms with van der Waals surface area (Å²) in [4.78, 5) is 43.9. The van der Waals surface area contributed by atoms with Crippen molar-refractivity contribution in [2.45, 2.75) is 32.1 Å². The number of likely N-dealkylation sites (tertiary alicyclic amines) is 1. The Morgan fingerprint density at radius 3 is 2.79 bits per heavy atom. The molecule has 2 aliphatic rings. The lowest BCUT2D eigenvalue weighted by atomic mass is 9.95. The first-order valence-corrected chi connectivity index (χ1v) is 10.2. The molecular formula is C20H21N3O4S. The summed E-state index contributed by atoms with van der Waals surface area (Å²) in [5, 5.41) is 12.7. The van der Waals surface area contributed by atoms with E-state index in [1.165, 1.54) is 17.5 Å². The molecule has 1 aliphatic heterocycles. The van der Waals surface area contributed by atoms with Gasteiger partial charge >= 0.3 is 5.97 Å². The molecule has 8 heteroatoms. The largest absolute Gasteiger partial charge is 0.481 e. The Morgan fingerprint density at radius 2 is 2.07 bits per heavy atom. The molecule has 1 unspecified atom stereocenters. The molecule has 146 valence electrons. The first-order chi connectivity index (χ1) is 13.5. The monoisotopic (exact) mass is 399 g/mol. The Balaban J connectivity index is 1.64. The first-order valence-electron chi connectivity index (χ1n) is 9.42. The maximum Gasteiger partial charge on any atom is 0.308 e. The van der Waals surface area contributed by atoms with Gasteiger partial charge in [-0.15, -0.1) is 11.3 Å². The van der Waals surface area contributed by atoms with Gasteiger partial charge in [-0.05, 0) is 49.8 Å². The van der Waals surface area contributed by atoms with Crippen molar-refractivity contribution >= 4 is 34.1 Å². The molecule has 0 bridgehead atoms. The molecule has 2 aromatic rings. The number of pyridine rings is 1. The summed E-state index contributed by atoms with van der Waals surface area (Å²) >= 11 is 1.46. The van der Waals surface area contributed by atoms with Crippen LogP contribution in [0.3, 0.4) is 0 Å². The second kappa shape index (κ2) is 7.71. The number of aryl methyl sites for hydroxylation is 1. The number of carbonyl (C=O) groups excluding carboxylic acids is 2. The first kappa shape index (κ1) is 18.6. The van der Waals surface area contributed by atoms with Crippen molar-refractivity contribution in [3.8, 4) is 0 Å². The van der Waals surface area contributed by atoms with Crippen LogP contribution in [0.25, 0.3) is 0 Å². The third-order valence-electron chi connectivity index (χ3n) is 5.36. The van der Waals surface area contributed by atoms with E-state index >= 15 is 0 Å². The van der Waals surface area contributed by atoms with Gasteiger partial charge in [-0.2, -0.15) is 0 Å². The molecular weight excluding hydrogens is 378 g/mol. The van der Waals surface area contributed by atoms with Gasteiger partial charge in [0.15, 0.2) is 0 Å². The van der Waals surface area contributed by atoms with Gasteiger partial charge in [-0.1, -0.05) is 0 Å². The molecule has 1 fully saturated rings. The Morgan fingerprint density at radius 1 is 1.25 bits per heavy atom. The summed E-state index contributed by atoms with van der Waals surface area (Å²) < 4.78 is 0. The zero-order valence-electron chi connectivity index (χ0n) is 15.3. The maximum absolute atomic E-state index is 13.3. The number of amides is 2. The second-order valence-electron chi connectivity index (χ2n) is 7.19. The highest BCUT2D eigenvalue weighted by atomic mass is 32.1. The molecule has 2 N–H and O–H groups in total. The fourth-order valence-electron chi connectivity index (χ4n) is 3.86. The quantitative estimate of drug-likeness (QED) is 0.824. The van der Waals surface area contributed by atoms with Crippen molar-refractivity contribution in [2.24, 2.45) is 5.92 Å². The van der Waals surface area contributed by atoms with Crippen LogP contribution in [0.1, 0.15) is 50.4 Å². The number of carboxylic acids is 1. The highest BCUT2D eigenvalue weighted by Gasteiger charge is 2.35. The van der Waals surface area contributed by atoms with Crippen LogP contribution in [0.5, 0.6) is 0 Å². The molecule has 7 nitrogen and oxygen atoms in total. The van der Waals surface area contributed by atoms with Crippen molar-refractivity contribution in [3.63, 3.8) is 0 Å². The molecule has 0 saturated carbocycles. The minimum atomic E-state index is -0.868. The van der Waals surface area contributed by atoms with E-state index in [9.17, 15) is 19.5 Å². The minimum absolute atomic E-state index is 0.176. The number of hydrogen-bond donors (Lipinski definition) is 2. The van der Waals surface area contributed by atoms with Gasteiger partial charge in [-0.3, -0.25) is 19.4 Å². The van der Waals surface area contributed by atoms with E-state index in [4.69, 9.17) is 0 Å². The normalized spacial score (nSPS) is 18.6. The van der Waals surface area contributed by atoms with E-state index in [1.807, 2.05) is 0 Å². The van der Waals surface area contributed by atoms with Crippen LogP contribution in [0.2, 0.25) is 0 Å². The summed E-state index contributed by atoms with van der Waals surface area (Å²) in [5.74, 6) is -1.87. The van der Waals surface area contributed by atoms with Crippen molar-refractivity contribution in [3.05, 3.63) is 46.1 Å². The number of anilines is 1. The lowest BCUT2D eigenvalue weighted by molar-refractivity contribution is -0.141. The molecule has 2 amide bonds. The van der Waals surface area contributed by atoms with E-state index in [2.05, 4.69) is 10.3 Å². The Labute approximate surface area is 166 Å². The van der Waals surface area contributed by atoms with Crippen molar-refractivity contribution in [1.29, 1.82) is 0 Å². The van der Waals surface area contributed by atoms with Crippen molar-refractivity contribution < 1.29 is 19.5 Å². The molecule has 0 spiro atoms. The third kappa shape index (κ3) is 3.52. The van der Waals surface area contributed by atoms with E-state index in [-0.39, 0.29) is 18.4 Å². The number of nitrogens with one attached hydrogen (secondary N) is 1. The third-order valence-corrected chi connectivity index (χ3v) is 6.57. The highest BCUT2D eigenvalue weighted by molar-refractivity contribution is 7.17. The molecule has 1 atom stereocenters. The van der Waals surface area contributed by atoms with Crippen LogP contribution in [0, 0.1) is 5.92 Å². The fraction of sp³-hybridized carbons (Fsp3) is 0.400. The van der Waals surface area contributed by atoms with E-state index in [0.717, 1.165) is 36.1 Å². The predicted octanol–water partition coefficient (Wildman–Crippen LogP) is 2.82. The fourth-order valence-corrected chi connectivity index (χ4v) is 5.13. The number of carboxylic acid groups (broad SMARTS) is 1. The SMILES string of the molecule is O=C(Nc1sc2c(c1C(=O)N1CCC(C(=O)O)C1)CCCC2)c1cccnc1. The number of carbonyl (C=O) groups is 3. The minimum Gasteiger partial charge on any atom is -0.481 e. The molecule has 0 radical (unpaired) electrons. The lowest BCUT2D eigenvalue weighted by Crippen LogP contribution is -2.31. The number of hydrogen-bond acceptors (Lipinski definition) is 5. The van der Waals surface area contributed by atoms with Gasteiger partial charge in [-0.25, -0.2) is 0 Å². The molecule has 2 aromatic heterocycles. The van der Waals surface area contributed by atoms with Gasteiger partial charge in [0, 0.05) is 30.4 Å². The molecule has 3 heterocycles. The predicted molar refractivity (Wildman–Crippen MR) is 105 cm³/mol. The standard InChI is InChI=1S/C20H21N3O4S/c24-17(12-4-3-8-21-10-12)22-18-16(14-5-1-2-6-15(14)28-18)19(25)23-9-7-13(11-23)20(26)27/h3-4,8,10,13H,1-2,5-7,9,11H2,(H,22,24)(H,26,27). The highest BCUT2D eigenvalue weighted by Crippen LogP contribution is 2.39. The Kier molecular flexibility index (Phi) is 5.13. The second-order valence-corrected chi connectivity index (χ2v) is 8.29. The van der Waals surface area contributed by atoms with Gasteiger partial charge in [0.2, 0.25) is 0 Å². The van der Waals surface area contributed by atoms with E-state index < -0.39 is 11.9 Å². The average Bonchev–Trinajstić information content (AvgIpc) is 3.33. The van der Waals surface area contributed by atoms with Crippen LogP contribution in [0.4, 0.5) is 5.00 Å². The molecule has 0 aromatic carbocycles. The number of rotatable bonds is 4. The number of thiophene rings is 1. The smallest absolute Gasteiger partial charge is 0.308 e. The van der Waals surface area contributed by atoms with Gasteiger partial charge in [0.25, 0.3) is 11.8 Å². The van der Waals surface area contributed by atoms with Crippen molar-refractivity contribution in [1.82, 2.24) is 9.88 Å². The van der Waals surface area contributed by atoms with Crippen molar-refractivity contribution in [2.75, 3.05) is 18.4 Å². The van der Waals surface area contributed by atoms with Gasteiger partial charge < -0.3 is 15.3 Å². The Bertz CT molecular complexity index is 925. The summed E-state index contributed by atoms with van der Waals surface area (Å²) in [5.41, 5.74) is 1.99. The van der Waals surface area contributed by atoms with Crippen LogP contribution >= 0.6 is 11.3 Å². The maximum atomic E-state index is 13.3. The average molecular weight is 399 g/mol. The lowest BCUT2D eigenvalue weighted by Gasteiger charge is -2.19. The zero-order chi connectivity index (χ0) is 19.7. The van der Waals surface area contributed by atoms with Crippen LogP contribution in [0.15, 0.2) is 24.5 Å². The molecule has 1 aliphatic carbocycles. The van der Waals surface area contributed by atoms with Crippen LogP contribution in [-0.4, -0.2) is 45.9 Å². The summed E-state index contributed by atoms with van der Waals surface area (Å²) in [7, 11) is 0. The number of fused-ring (bicyclic) bond motifs is 1. The van der Waals surface area contributed by atoms with Crippen LogP contribution < -0.4 is 5.32 Å².